The number of nitrogens with one attached hydrogen (secondary N) is 1. The zero-order chi connectivity index (χ0) is 16.7. The molecule has 7 heteroatoms. The number of carbonyl (C=O) groups excluding carboxylic acids is 1. The molecule has 1 N–H and O–H groups in total. The standard InChI is InChI=1S/C17H13ClFN3OS/c18-15-6-10(19)3-4-12(15)13-7-16(23)21-17-14(13)8-20-22(17)9-11-2-1-5-24-11/h1-6,8,13H,7,9H2,(H,21,23)/t13-/m0/s1. The Morgan fingerprint density at radius 1 is 1.38 bits per heavy atom. The van der Waals surface area contributed by atoms with E-state index in [1.54, 1.807) is 28.3 Å². The fourth-order valence-corrected chi connectivity index (χ4v) is 3.99. The third kappa shape index (κ3) is 2.72. The van der Waals surface area contributed by atoms with E-state index >= 15 is 0 Å². The number of nitrogens with zero attached hydrogens (tertiary/aromatic N) is 2. The van der Waals surface area contributed by atoms with E-state index in [1.807, 2.05) is 17.5 Å². The molecule has 1 aliphatic rings. The predicted molar refractivity (Wildman–Crippen MR) is 92.1 cm³/mol. The highest BCUT2D eigenvalue weighted by atomic mass is 35.5. The monoisotopic (exact) mass is 361 g/mol. The minimum Gasteiger partial charge on any atom is -0.311 e. The van der Waals surface area contributed by atoms with Crippen molar-refractivity contribution >= 4 is 34.7 Å². The van der Waals surface area contributed by atoms with Crippen molar-refractivity contribution in [1.82, 2.24) is 9.78 Å². The lowest BCUT2D eigenvalue weighted by atomic mass is 9.87. The second-order valence-corrected chi connectivity index (χ2v) is 7.10. The highest BCUT2D eigenvalue weighted by Crippen LogP contribution is 2.40. The van der Waals surface area contributed by atoms with Crippen LogP contribution < -0.4 is 5.32 Å². The third-order valence-corrected chi connectivity index (χ3v) is 5.30. The van der Waals surface area contributed by atoms with Gasteiger partial charge in [-0.3, -0.25) is 4.79 Å². The lowest BCUT2D eigenvalue weighted by molar-refractivity contribution is -0.116. The number of anilines is 1. The number of halogens is 2. The SMILES string of the molecule is O=C1C[C@@H](c2ccc(F)cc2Cl)c2cnn(Cc3cccs3)c2N1. The van der Waals surface area contributed by atoms with Crippen LogP contribution in [0.3, 0.4) is 0 Å². The van der Waals surface area contributed by atoms with Crippen molar-refractivity contribution in [3.63, 3.8) is 0 Å². The van der Waals surface area contributed by atoms with Gasteiger partial charge in [-0.15, -0.1) is 11.3 Å². The molecule has 0 fully saturated rings. The van der Waals surface area contributed by atoms with Crippen LogP contribution in [0.1, 0.15) is 28.3 Å². The number of rotatable bonds is 3. The Hall–Kier alpha value is -2.18. The second-order valence-electron chi connectivity index (χ2n) is 5.66. The third-order valence-electron chi connectivity index (χ3n) is 4.11. The van der Waals surface area contributed by atoms with E-state index in [0.717, 1.165) is 16.0 Å². The lowest BCUT2D eigenvalue weighted by Gasteiger charge is -2.24. The summed E-state index contributed by atoms with van der Waals surface area (Å²) in [5.41, 5.74) is 1.64. The summed E-state index contributed by atoms with van der Waals surface area (Å²) in [6.45, 7) is 0.594. The molecule has 0 bridgehead atoms. The minimum atomic E-state index is -0.391. The van der Waals surface area contributed by atoms with Crippen LogP contribution in [0, 0.1) is 5.82 Å². The van der Waals surface area contributed by atoms with Crippen LogP contribution in [0.2, 0.25) is 5.02 Å². The first kappa shape index (κ1) is 15.4. The molecule has 0 saturated carbocycles. The molecule has 0 radical (unpaired) electrons. The van der Waals surface area contributed by atoms with Crippen molar-refractivity contribution in [3.05, 3.63) is 68.8 Å². The van der Waals surface area contributed by atoms with E-state index < -0.39 is 5.82 Å². The second kappa shape index (κ2) is 6.03. The van der Waals surface area contributed by atoms with Gasteiger partial charge >= 0.3 is 0 Å². The van der Waals surface area contributed by atoms with E-state index in [0.29, 0.717) is 17.4 Å². The number of fused-ring (bicyclic) bond motifs is 1. The number of thiophene rings is 1. The van der Waals surface area contributed by atoms with Gasteiger partial charge in [0.25, 0.3) is 0 Å². The maximum Gasteiger partial charge on any atom is 0.226 e. The molecule has 0 unspecified atom stereocenters. The fraction of sp³-hybridized carbons (Fsp3) is 0.176. The summed E-state index contributed by atoms with van der Waals surface area (Å²) in [4.78, 5) is 13.3. The van der Waals surface area contributed by atoms with Crippen molar-refractivity contribution in [2.75, 3.05) is 5.32 Å². The van der Waals surface area contributed by atoms with Crippen LogP contribution in [0.5, 0.6) is 0 Å². The quantitative estimate of drug-likeness (QED) is 0.757. The summed E-state index contributed by atoms with van der Waals surface area (Å²) in [5.74, 6) is -0.0255. The van der Waals surface area contributed by atoms with Crippen molar-refractivity contribution in [2.24, 2.45) is 0 Å². The predicted octanol–water partition coefficient (Wildman–Crippen LogP) is 4.26. The van der Waals surface area contributed by atoms with Crippen molar-refractivity contribution in [3.8, 4) is 0 Å². The van der Waals surface area contributed by atoms with Crippen molar-refractivity contribution in [2.45, 2.75) is 18.9 Å². The number of benzene rings is 1. The van der Waals surface area contributed by atoms with Gasteiger partial charge < -0.3 is 5.32 Å². The van der Waals surface area contributed by atoms with Gasteiger partial charge in [0.15, 0.2) is 0 Å². The number of carbonyl (C=O) groups is 1. The van der Waals surface area contributed by atoms with Gasteiger partial charge in [0.05, 0.1) is 12.7 Å². The zero-order valence-corrected chi connectivity index (χ0v) is 14.1. The largest absolute Gasteiger partial charge is 0.311 e. The average molecular weight is 362 g/mol. The van der Waals surface area contributed by atoms with E-state index in [2.05, 4.69) is 10.4 Å². The Kier molecular flexibility index (Phi) is 3.86. The van der Waals surface area contributed by atoms with Crippen molar-refractivity contribution < 1.29 is 9.18 Å². The maximum absolute atomic E-state index is 13.3. The first-order valence-corrected chi connectivity index (χ1v) is 8.70. The number of hydrogen-bond donors (Lipinski definition) is 1. The Labute approximate surface area is 146 Å². The maximum atomic E-state index is 13.3. The smallest absolute Gasteiger partial charge is 0.226 e. The first-order valence-electron chi connectivity index (χ1n) is 7.44. The Balaban J connectivity index is 1.75. The summed E-state index contributed by atoms with van der Waals surface area (Å²) in [6.07, 6.45) is 2.02. The molecule has 1 aliphatic heterocycles. The summed E-state index contributed by atoms with van der Waals surface area (Å²) >= 11 is 7.84. The minimum absolute atomic E-state index is 0.0965. The molecule has 4 rings (SSSR count). The molecule has 0 aliphatic carbocycles. The molecule has 4 nitrogen and oxygen atoms in total. The average Bonchev–Trinajstić information content (AvgIpc) is 3.18. The summed E-state index contributed by atoms with van der Waals surface area (Å²) in [6, 6.07) is 8.29. The molecule has 1 atom stereocenters. The first-order chi connectivity index (χ1) is 11.6. The number of aromatic nitrogens is 2. The van der Waals surface area contributed by atoms with Gasteiger partial charge in [0.2, 0.25) is 5.91 Å². The molecule has 3 aromatic rings. The van der Waals surface area contributed by atoms with E-state index in [-0.39, 0.29) is 18.2 Å². The highest BCUT2D eigenvalue weighted by Gasteiger charge is 2.31. The Morgan fingerprint density at radius 3 is 3.00 bits per heavy atom. The van der Waals surface area contributed by atoms with E-state index in [9.17, 15) is 9.18 Å². The highest BCUT2D eigenvalue weighted by molar-refractivity contribution is 7.09. The number of hydrogen-bond acceptors (Lipinski definition) is 3. The molecule has 2 aromatic heterocycles. The van der Waals surface area contributed by atoms with Gasteiger partial charge in [0.1, 0.15) is 11.6 Å². The normalized spacial score (nSPS) is 16.8. The topological polar surface area (TPSA) is 46.9 Å². The van der Waals surface area contributed by atoms with Crippen LogP contribution >= 0.6 is 22.9 Å². The van der Waals surface area contributed by atoms with Crippen LogP contribution in [-0.4, -0.2) is 15.7 Å². The molecule has 3 heterocycles. The number of amides is 1. The van der Waals surface area contributed by atoms with E-state index in [4.69, 9.17) is 11.6 Å². The summed E-state index contributed by atoms with van der Waals surface area (Å²) in [5, 5.41) is 9.65. The molecule has 122 valence electrons. The summed E-state index contributed by atoms with van der Waals surface area (Å²) < 4.78 is 15.1. The molecular formula is C17H13ClFN3OS. The van der Waals surface area contributed by atoms with Crippen molar-refractivity contribution in [1.29, 1.82) is 0 Å². The molecule has 1 amide bonds. The molecular weight excluding hydrogens is 349 g/mol. The Morgan fingerprint density at radius 2 is 2.25 bits per heavy atom. The molecule has 1 aromatic carbocycles. The molecule has 0 spiro atoms. The fourth-order valence-electron chi connectivity index (χ4n) is 3.00. The molecule has 24 heavy (non-hydrogen) atoms. The van der Waals surface area contributed by atoms with Gasteiger partial charge in [-0.05, 0) is 29.1 Å². The van der Waals surface area contributed by atoms with Crippen LogP contribution in [0.25, 0.3) is 0 Å². The van der Waals surface area contributed by atoms with Gasteiger partial charge in [0, 0.05) is 27.8 Å². The van der Waals surface area contributed by atoms with Gasteiger partial charge in [-0.1, -0.05) is 23.7 Å². The lowest BCUT2D eigenvalue weighted by Crippen LogP contribution is -2.25. The van der Waals surface area contributed by atoms with Gasteiger partial charge in [-0.2, -0.15) is 5.10 Å². The van der Waals surface area contributed by atoms with Crippen LogP contribution in [-0.2, 0) is 11.3 Å². The van der Waals surface area contributed by atoms with Crippen LogP contribution in [0.15, 0.2) is 41.9 Å². The Bertz CT molecular complexity index is 907. The van der Waals surface area contributed by atoms with Gasteiger partial charge in [-0.25, -0.2) is 9.07 Å². The molecule has 0 saturated heterocycles. The zero-order valence-electron chi connectivity index (χ0n) is 12.5. The summed E-state index contributed by atoms with van der Waals surface area (Å²) in [7, 11) is 0. The van der Waals surface area contributed by atoms with E-state index in [1.165, 1.54) is 12.1 Å². The van der Waals surface area contributed by atoms with Crippen LogP contribution in [0.4, 0.5) is 10.2 Å².